The van der Waals surface area contributed by atoms with Crippen LogP contribution in [0, 0.1) is 5.92 Å². The first-order chi connectivity index (χ1) is 15.8. The number of nitrogens with zero attached hydrogens (tertiary/aromatic N) is 4. The maximum absolute atomic E-state index is 5.96. The predicted molar refractivity (Wildman–Crippen MR) is 135 cm³/mol. The van der Waals surface area contributed by atoms with E-state index in [1.165, 1.54) is 12.0 Å². The maximum atomic E-state index is 5.96. The molecule has 0 saturated carbocycles. The number of hydrogen-bond acceptors (Lipinski definition) is 6. The fourth-order valence-electron chi connectivity index (χ4n) is 4.20. The van der Waals surface area contributed by atoms with Crippen molar-refractivity contribution in [1.29, 1.82) is 0 Å². The molecule has 0 spiro atoms. The van der Waals surface area contributed by atoms with Gasteiger partial charge in [-0.15, -0.1) is 0 Å². The Kier molecular flexibility index (Phi) is 9.34. The van der Waals surface area contributed by atoms with Gasteiger partial charge < -0.3 is 14.2 Å². The van der Waals surface area contributed by atoms with E-state index in [1.807, 2.05) is 24.6 Å². The molecule has 1 saturated heterocycles. The summed E-state index contributed by atoms with van der Waals surface area (Å²) in [4.78, 5) is 11.6. The molecule has 8 heteroatoms. The van der Waals surface area contributed by atoms with Crippen molar-refractivity contribution < 1.29 is 14.2 Å². The van der Waals surface area contributed by atoms with Crippen LogP contribution in [0.1, 0.15) is 44.5 Å². The molecule has 0 radical (unpaired) electrons. The van der Waals surface area contributed by atoms with E-state index < -0.39 is 8.07 Å². The summed E-state index contributed by atoms with van der Waals surface area (Å²) in [6.07, 6.45) is 6.20. The standard InChI is InChI=1S/C25H42N4O3Si/c1-7-31-24-16-21(9-11-26-24)15-22-10-12-28(17-22)20(3)23-18-29(25(27-23)32-8-2)19-30-13-14-33(4,5)6/h9,11,16,18,20,22H,7-8,10,12-15,17,19H2,1-6H3/t20?,22-/m0/s1. The van der Waals surface area contributed by atoms with Crippen molar-refractivity contribution in [2.24, 2.45) is 5.92 Å². The predicted octanol–water partition coefficient (Wildman–Crippen LogP) is 5.01. The number of pyridine rings is 1. The molecule has 0 aromatic carbocycles. The topological polar surface area (TPSA) is 61.6 Å². The molecule has 1 unspecified atom stereocenters. The second-order valence-corrected chi connectivity index (χ2v) is 15.8. The van der Waals surface area contributed by atoms with E-state index in [4.69, 9.17) is 19.2 Å². The Labute approximate surface area is 200 Å². The molecule has 33 heavy (non-hydrogen) atoms. The fourth-order valence-corrected chi connectivity index (χ4v) is 4.96. The van der Waals surface area contributed by atoms with Gasteiger partial charge in [-0.05, 0) is 63.7 Å². The van der Waals surface area contributed by atoms with Crippen molar-refractivity contribution in [3.63, 3.8) is 0 Å². The van der Waals surface area contributed by atoms with E-state index >= 15 is 0 Å². The zero-order valence-corrected chi connectivity index (χ0v) is 22.3. The Morgan fingerprint density at radius 2 is 1.97 bits per heavy atom. The summed E-state index contributed by atoms with van der Waals surface area (Å²) in [5.74, 6) is 1.35. The molecule has 184 valence electrons. The van der Waals surface area contributed by atoms with Crippen LogP contribution in [0.25, 0.3) is 0 Å². The number of aromatic nitrogens is 3. The number of ether oxygens (including phenoxy) is 3. The number of hydrogen-bond donors (Lipinski definition) is 0. The van der Waals surface area contributed by atoms with Crippen molar-refractivity contribution >= 4 is 8.07 Å². The Balaban J connectivity index is 1.57. The lowest BCUT2D eigenvalue weighted by atomic mass is 9.99. The van der Waals surface area contributed by atoms with E-state index in [1.54, 1.807) is 0 Å². The van der Waals surface area contributed by atoms with Gasteiger partial charge in [-0.2, -0.15) is 4.98 Å². The van der Waals surface area contributed by atoms with Crippen molar-refractivity contribution in [3.05, 3.63) is 35.8 Å². The Bertz CT molecular complexity index is 868. The third-order valence-electron chi connectivity index (χ3n) is 6.17. The van der Waals surface area contributed by atoms with Gasteiger partial charge in [0.15, 0.2) is 0 Å². The third kappa shape index (κ3) is 7.83. The fraction of sp³-hybridized carbons (Fsp3) is 0.680. The van der Waals surface area contributed by atoms with E-state index in [-0.39, 0.29) is 6.04 Å². The average Bonchev–Trinajstić information content (AvgIpc) is 3.38. The molecule has 0 N–H and O–H groups in total. The highest BCUT2D eigenvalue weighted by Crippen LogP contribution is 2.30. The van der Waals surface area contributed by atoms with Gasteiger partial charge in [-0.3, -0.25) is 9.47 Å². The number of likely N-dealkylation sites (tertiary alicyclic amines) is 1. The van der Waals surface area contributed by atoms with Gasteiger partial charge in [-0.1, -0.05) is 19.6 Å². The van der Waals surface area contributed by atoms with Gasteiger partial charge >= 0.3 is 0 Å². The van der Waals surface area contributed by atoms with Crippen LogP contribution in [0.5, 0.6) is 11.9 Å². The molecule has 0 bridgehead atoms. The van der Waals surface area contributed by atoms with Crippen LogP contribution >= 0.6 is 0 Å². The van der Waals surface area contributed by atoms with Gasteiger partial charge in [0.05, 0.1) is 24.9 Å². The Morgan fingerprint density at radius 3 is 2.70 bits per heavy atom. The van der Waals surface area contributed by atoms with Crippen LogP contribution in [-0.2, 0) is 17.9 Å². The number of imidazole rings is 1. The van der Waals surface area contributed by atoms with E-state index in [2.05, 4.69) is 54.8 Å². The highest BCUT2D eigenvalue weighted by atomic mass is 28.3. The van der Waals surface area contributed by atoms with Crippen molar-refractivity contribution in [2.45, 2.75) is 72.1 Å². The summed E-state index contributed by atoms with van der Waals surface area (Å²) in [5.41, 5.74) is 2.35. The summed E-state index contributed by atoms with van der Waals surface area (Å²) >= 11 is 0. The Morgan fingerprint density at radius 1 is 1.18 bits per heavy atom. The van der Waals surface area contributed by atoms with E-state index in [0.717, 1.165) is 43.7 Å². The molecule has 2 atom stereocenters. The lowest BCUT2D eigenvalue weighted by Crippen LogP contribution is -2.25. The molecule has 1 aliphatic rings. The highest BCUT2D eigenvalue weighted by molar-refractivity contribution is 6.76. The van der Waals surface area contributed by atoms with Gasteiger partial charge in [0.2, 0.25) is 5.88 Å². The molecule has 2 aromatic heterocycles. The first-order valence-corrected chi connectivity index (χ1v) is 16.1. The quantitative estimate of drug-likeness (QED) is 0.300. The molecular formula is C25H42N4O3Si. The highest BCUT2D eigenvalue weighted by Gasteiger charge is 2.29. The smallest absolute Gasteiger partial charge is 0.298 e. The van der Waals surface area contributed by atoms with Crippen molar-refractivity contribution in [1.82, 2.24) is 19.4 Å². The maximum Gasteiger partial charge on any atom is 0.298 e. The SMILES string of the molecule is CCOc1cc(C[C@@H]2CCN(C(C)c3cn(COCC[Si](C)(C)C)c(OCC)n3)C2)ccn1. The van der Waals surface area contributed by atoms with Gasteiger partial charge in [-0.25, -0.2) is 4.98 Å². The summed E-state index contributed by atoms with van der Waals surface area (Å²) in [7, 11) is -1.10. The first kappa shape index (κ1) is 25.7. The minimum Gasteiger partial charge on any atom is -0.478 e. The second-order valence-electron chi connectivity index (χ2n) is 10.2. The monoisotopic (exact) mass is 474 g/mol. The summed E-state index contributed by atoms with van der Waals surface area (Å²) in [6.45, 7) is 18.0. The van der Waals surface area contributed by atoms with Crippen molar-refractivity contribution in [3.8, 4) is 11.9 Å². The molecule has 0 amide bonds. The number of rotatable bonds is 13. The lowest BCUT2D eigenvalue weighted by Gasteiger charge is -2.22. The van der Waals surface area contributed by atoms with Gasteiger partial charge in [0, 0.05) is 39.7 Å². The summed E-state index contributed by atoms with van der Waals surface area (Å²) in [6, 6.07) is 6.24. The zero-order chi connectivity index (χ0) is 23.8. The minimum absolute atomic E-state index is 0.244. The molecule has 1 fully saturated rings. The van der Waals surface area contributed by atoms with Crippen LogP contribution in [0.3, 0.4) is 0 Å². The van der Waals surface area contributed by atoms with Crippen molar-refractivity contribution in [2.75, 3.05) is 32.9 Å². The summed E-state index contributed by atoms with van der Waals surface area (Å²) < 4.78 is 19.3. The lowest BCUT2D eigenvalue weighted by molar-refractivity contribution is 0.0792. The van der Waals surface area contributed by atoms with Crippen LogP contribution < -0.4 is 9.47 Å². The van der Waals surface area contributed by atoms with E-state index in [9.17, 15) is 0 Å². The second kappa shape index (κ2) is 12.0. The molecule has 3 heterocycles. The molecule has 0 aliphatic carbocycles. The molecular weight excluding hydrogens is 432 g/mol. The average molecular weight is 475 g/mol. The van der Waals surface area contributed by atoms with Gasteiger partial charge in [0.1, 0.15) is 6.73 Å². The third-order valence-corrected chi connectivity index (χ3v) is 7.87. The summed E-state index contributed by atoms with van der Waals surface area (Å²) in [5, 5.41) is 0. The van der Waals surface area contributed by atoms with E-state index in [0.29, 0.717) is 31.9 Å². The zero-order valence-electron chi connectivity index (χ0n) is 21.3. The molecule has 7 nitrogen and oxygen atoms in total. The van der Waals surface area contributed by atoms with Gasteiger partial charge in [0.25, 0.3) is 6.01 Å². The Hall–Kier alpha value is -1.90. The van der Waals surface area contributed by atoms with Crippen LogP contribution in [0.4, 0.5) is 0 Å². The van der Waals surface area contributed by atoms with Crippen LogP contribution in [0.15, 0.2) is 24.5 Å². The minimum atomic E-state index is -1.10. The molecule has 3 rings (SSSR count). The van der Waals surface area contributed by atoms with Crippen LogP contribution in [-0.4, -0.2) is 60.4 Å². The normalized spacial score (nSPS) is 17.9. The first-order valence-electron chi connectivity index (χ1n) is 12.4. The molecule has 2 aromatic rings. The van der Waals surface area contributed by atoms with Crippen LogP contribution in [0.2, 0.25) is 25.7 Å². The largest absolute Gasteiger partial charge is 0.478 e. The molecule has 1 aliphatic heterocycles.